The highest BCUT2D eigenvalue weighted by Crippen LogP contribution is 2.27. The number of nitrogens with one attached hydrogen (secondary N) is 1. The van der Waals surface area contributed by atoms with Crippen LogP contribution in [0.3, 0.4) is 0 Å². The number of benzene rings is 1. The molecule has 0 radical (unpaired) electrons. The number of ether oxygens (including phenoxy) is 1. The fraction of sp³-hybridized carbons (Fsp3) is 0.300. The minimum atomic E-state index is -0.266. The summed E-state index contributed by atoms with van der Waals surface area (Å²) >= 11 is 6.17. The molecule has 0 aliphatic heterocycles. The van der Waals surface area contributed by atoms with Crippen LogP contribution >= 0.6 is 11.6 Å². The maximum absolute atomic E-state index is 13.2. The lowest BCUT2D eigenvalue weighted by Crippen LogP contribution is -2.37. The standard InChI is InChI=1S/C20H22ClN3O3/c1-12(2)22-18(25)11-24-19(14-6-5-7-15(21)8-14)13(3)23-10-16(27-4)9-17(23)20(24)26/h5-10,12H,11H2,1-4H3,(H,22,25). The zero-order chi connectivity index (χ0) is 19.7. The van der Waals surface area contributed by atoms with Crippen LogP contribution in [0.5, 0.6) is 5.75 Å². The quantitative estimate of drug-likeness (QED) is 0.730. The number of rotatable bonds is 5. The van der Waals surface area contributed by atoms with E-state index in [-0.39, 0.29) is 24.1 Å². The zero-order valence-corrected chi connectivity index (χ0v) is 16.5. The molecule has 142 valence electrons. The number of aromatic nitrogens is 2. The Labute approximate surface area is 162 Å². The Morgan fingerprint density at radius 2 is 2.04 bits per heavy atom. The summed E-state index contributed by atoms with van der Waals surface area (Å²) in [4.78, 5) is 25.6. The number of amides is 1. The number of aryl methyl sites for hydroxylation is 1. The summed E-state index contributed by atoms with van der Waals surface area (Å²) in [6, 6.07) is 8.91. The molecule has 27 heavy (non-hydrogen) atoms. The molecule has 1 aromatic carbocycles. The van der Waals surface area contributed by atoms with Gasteiger partial charge in [0.1, 0.15) is 17.8 Å². The Bertz CT molecular complexity index is 1070. The molecule has 2 aromatic heterocycles. The van der Waals surface area contributed by atoms with Crippen molar-refractivity contribution < 1.29 is 9.53 Å². The molecule has 0 bridgehead atoms. The highest BCUT2D eigenvalue weighted by molar-refractivity contribution is 6.30. The third-order valence-corrected chi connectivity index (χ3v) is 4.55. The van der Waals surface area contributed by atoms with Crippen LogP contribution in [0.1, 0.15) is 19.5 Å². The molecular formula is C20H22ClN3O3. The molecule has 3 aromatic rings. The van der Waals surface area contributed by atoms with Gasteiger partial charge >= 0.3 is 0 Å². The predicted molar refractivity (Wildman–Crippen MR) is 107 cm³/mol. The number of hydrogen-bond acceptors (Lipinski definition) is 3. The lowest BCUT2D eigenvalue weighted by atomic mass is 10.1. The summed E-state index contributed by atoms with van der Waals surface area (Å²) in [5.74, 6) is 0.356. The minimum Gasteiger partial charge on any atom is -0.495 e. The summed E-state index contributed by atoms with van der Waals surface area (Å²) in [6.07, 6.45) is 1.76. The molecule has 0 saturated carbocycles. The lowest BCUT2D eigenvalue weighted by Gasteiger charge is -2.18. The van der Waals surface area contributed by atoms with Gasteiger partial charge in [0.25, 0.3) is 5.56 Å². The smallest absolute Gasteiger partial charge is 0.275 e. The van der Waals surface area contributed by atoms with Crippen LogP contribution in [0.15, 0.2) is 41.3 Å². The Kier molecular flexibility index (Phi) is 5.28. The zero-order valence-electron chi connectivity index (χ0n) is 15.7. The fourth-order valence-electron chi connectivity index (χ4n) is 3.20. The largest absolute Gasteiger partial charge is 0.495 e. The highest BCUT2D eigenvalue weighted by atomic mass is 35.5. The second-order valence-electron chi connectivity index (χ2n) is 6.69. The molecule has 1 amide bonds. The van der Waals surface area contributed by atoms with E-state index in [4.69, 9.17) is 16.3 Å². The van der Waals surface area contributed by atoms with Crippen molar-refractivity contribution in [1.29, 1.82) is 0 Å². The fourth-order valence-corrected chi connectivity index (χ4v) is 3.39. The molecule has 1 N–H and O–H groups in total. The molecular weight excluding hydrogens is 366 g/mol. The van der Waals surface area contributed by atoms with Crippen molar-refractivity contribution in [3.05, 3.63) is 57.6 Å². The van der Waals surface area contributed by atoms with Gasteiger partial charge < -0.3 is 14.5 Å². The van der Waals surface area contributed by atoms with Crippen LogP contribution in [0.2, 0.25) is 5.02 Å². The van der Waals surface area contributed by atoms with Gasteiger partial charge in [0.15, 0.2) is 0 Å². The van der Waals surface area contributed by atoms with Crippen molar-refractivity contribution in [2.75, 3.05) is 7.11 Å². The maximum Gasteiger partial charge on any atom is 0.275 e. The number of fused-ring (bicyclic) bond motifs is 1. The third kappa shape index (κ3) is 3.71. The number of nitrogens with zero attached hydrogens (tertiary/aromatic N) is 2. The summed E-state index contributed by atoms with van der Waals surface area (Å²) in [5.41, 5.74) is 2.41. The van der Waals surface area contributed by atoms with Crippen LogP contribution < -0.4 is 15.6 Å². The number of halogens is 1. The number of methoxy groups -OCH3 is 1. The van der Waals surface area contributed by atoms with Crippen molar-refractivity contribution in [2.45, 2.75) is 33.4 Å². The van der Waals surface area contributed by atoms with Crippen molar-refractivity contribution >= 4 is 23.0 Å². The summed E-state index contributed by atoms with van der Waals surface area (Å²) < 4.78 is 8.56. The van der Waals surface area contributed by atoms with Crippen LogP contribution in [-0.2, 0) is 11.3 Å². The molecule has 6 nitrogen and oxygen atoms in total. The van der Waals surface area contributed by atoms with Gasteiger partial charge in [-0.2, -0.15) is 0 Å². The van der Waals surface area contributed by atoms with Crippen molar-refractivity contribution in [3.63, 3.8) is 0 Å². The van der Waals surface area contributed by atoms with Crippen molar-refractivity contribution in [2.24, 2.45) is 0 Å². The molecule has 0 fully saturated rings. The van der Waals surface area contributed by atoms with Crippen LogP contribution in [0, 0.1) is 6.92 Å². The molecule has 0 atom stereocenters. The van der Waals surface area contributed by atoms with E-state index < -0.39 is 0 Å². The Morgan fingerprint density at radius 3 is 2.67 bits per heavy atom. The van der Waals surface area contributed by atoms with Gasteiger partial charge in [0.05, 0.1) is 19.0 Å². The van der Waals surface area contributed by atoms with E-state index >= 15 is 0 Å². The molecule has 2 heterocycles. The van der Waals surface area contributed by atoms with Gasteiger partial charge in [0, 0.05) is 28.4 Å². The van der Waals surface area contributed by atoms with Crippen LogP contribution in [0.25, 0.3) is 16.8 Å². The molecule has 0 unspecified atom stereocenters. The van der Waals surface area contributed by atoms with E-state index in [2.05, 4.69) is 5.32 Å². The van der Waals surface area contributed by atoms with Crippen LogP contribution in [-0.4, -0.2) is 28.0 Å². The second kappa shape index (κ2) is 7.48. The Morgan fingerprint density at radius 1 is 1.30 bits per heavy atom. The monoisotopic (exact) mass is 387 g/mol. The molecule has 0 saturated heterocycles. The van der Waals surface area contributed by atoms with E-state index in [1.807, 2.05) is 32.9 Å². The first-order valence-electron chi connectivity index (χ1n) is 8.66. The normalized spacial score (nSPS) is 11.2. The molecule has 7 heteroatoms. The van der Waals surface area contributed by atoms with E-state index in [9.17, 15) is 9.59 Å². The van der Waals surface area contributed by atoms with Gasteiger partial charge in [-0.25, -0.2) is 0 Å². The van der Waals surface area contributed by atoms with Crippen molar-refractivity contribution in [1.82, 2.24) is 14.3 Å². The van der Waals surface area contributed by atoms with E-state index in [0.717, 1.165) is 11.3 Å². The first kappa shape index (κ1) is 19.0. The predicted octanol–water partition coefficient (Wildman–Crippen LogP) is 3.26. The highest BCUT2D eigenvalue weighted by Gasteiger charge is 2.19. The summed E-state index contributed by atoms with van der Waals surface area (Å²) in [7, 11) is 1.55. The summed E-state index contributed by atoms with van der Waals surface area (Å²) in [6.45, 7) is 5.58. The molecule has 3 rings (SSSR count). The third-order valence-electron chi connectivity index (χ3n) is 4.32. The number of carbonyl (C=O) groups excluding carboxylic acids is 1. The molecule has 0 aliphatic carbocycles. The van der Waals surface area contributed by atoms with E-state index in [1.54, 1.807) is 35.9 Å². The second-order valence-corrected chi connectivity index (χ2v) is 7.13. The van der Waals surface area contributed by atoms with Crippen molar-refractivity contribution in [3.8, 4) is 17.0 Å². The first-order valence-corrected chi connectivity index (χ1v) is 9.04. The van der Waals surface area contributed by atoms with Gasteiger partial charge in [-0.05, 0) is 32.9 Å². The topological polar surface area (TPSA) is 64.7 Å². The van der Waals surface area contributed by atoms with E-state index in [0.29, 0.717) is 22.0 Å². The van der Waals surface area contributed by atoms with Gasteiger partial charge in [-0.15, -0.1) is 0 Å². The van der Waals surface area contributed by atoms with Gasteiger partial charge in [0.2, 0.25) is 5.91 Å². The van der Waals surface area contributed by atoms with Gasteiger partial charge in [-0.1, -0.05) is 23.7 Å². The number of carbonyl (C=O) groups is 1. The number of hydrogen-bond donors (Lipinski definition) is 1. The Hall–Kier alpha value is -2.73. The maximum atomic E-state index is 13.2. The first-order chi connectivity index (χ1) is 12.8. The Balaban J connectivity index is 2.29. The van der Waals surface area contributed by atoms with Crippen LogP contribution in [0.4, 0.5) is 0 Å². The van der Waals surface area contributed by atoms with E-state index in [1.165, 1.54) is 4.57 Å². The molecule has 0 aliphatic rings. The molecule has 0 spiro atoms. The summed E-state index contributed by atoms with van der Waals surface area (Å²) in [5, 5.41) is 3.39. The van der Waals surface area contributed by atoms with Gasteiger partial charge in [-0.3, -0.25) is 14.2 Å². The minimum absolute atomic E-state index is 0.0129. The lowest BCUT2D eigenvalue weighted by molar-refractivity contribution is -0.122. The average Bonchev–Trinajstić information content (AvgIpc) is 3.04. The average molecular weight is 388 g/mol. The SMILES string of the molecule is COc1cc2c(=O)n(CC(=O)NC(C)C)c(-c3cccc(Cl)c3)c(C)n2c1.